The first-order valence-corrected chi connectivity index (χ1v) is 9.65. The van der Waals surface area contributed by atoms with Crippen LogP contribution in [0.1, 0.15) is 12.5 Å². The van der Waals surface area contributed by atoms with Gasteiger partial charge in [0.2, 0.25) is 0 Å². The van der Waals surface area contributed by atoms with Gasteiger partial charge in [-0.05, 0) is 41.1 Å². The fourth-order valence-corrected chi connectivity index (χ4v) is 3.21. The second-order valence-electron chi connectivity index (χ2n) is 6.06. The third kappa shape index (κ3) is 4.10. The van der Waals surface area contributed by atoms with E-state index in [-0.39, 0.29) is 16.5 Å². The molecule has 2 N–H and O–H groups in total. The van der Waals surface area contributed by atoms with Crippen LogP contribution in [0.2, 0.25) is 5.02 Å². The molecule has 0 saturated heterocycles. The van der Waals surface area contributed by atoms with Crippen LogP contribution in [-0.4, -0.2) is 40.2 Å². The molecule has 0 aliphatic rings. The molecule has 30 heavy (non-hydrogen) atoms. The zero-order valence-corrected chi connectivity index (χ0v) is 18.0. The Labute approximate surface area is 182 Å². The molecule has 3 aromatic rings. The standard InChI is InChI=1S/C19H15BrClN3O6/c1-9(18(26)27)30-16-13(29-2)7-10(14(20)15(16)21)8-22-24-17(25)11-5-3-4-6-12(11)23-19(24)28/h3-9H,1-2H3,(H,23,28)(H,26,27). The van der Waals surface area contributed by atoms with Gasteiger partial charge in [0.25, 0.3) is 5.56 Å². The number of rotatable bonds is 6. The van der Waals surface area contributed by atoms with E-state index in [0.29, 0.717) is 25.6 Å². The molecular formula is C19H15BrClN3O6. The Morgan fingerprint density at radius 3 is 2.73 bits per heavy atom. The zero-order chi connectivity index (χ0) is 22.0. The van der Waals surface area contributed by atoms with Crippen LogP contribution in [0, 0.1) is 0 Å². The van der Waals surface area contributed by atoms with Crippen molar-refractivity contribution < 1.29 is 19.4 Å². The highest BCUT2D eigenvalue weighted by Gasteiger charge is 2.22. The minimum Gasteiger partial charge on any atom is -0.493 e. The number of aromatic amines is 1. The van der Waals surface area contributed by atoms with Gasteiger partial charge in [-0.3, -0.25) is 4.79 Å². The van der Waals surface area contributed by atoms with Crippen molar-refractivity contribution in [1.82, 2.24) is 9.66 Å². The van der Waals surface area contributed by atoms with Gasteiger partial charge in [0.1, 0.15) is 5.02 Å². The minimum atomic E-state index is -1.18. The van der Waals surface area contributed by atoms with E-state index in [1.165, 1.54) is 26.3 Å². The predicted octanol–water partition coefficient (Wildman–Crippen LogP) is 2.85. The second kappa shape index (κ2) is 8.72. The summed E-state index contributed by atoms with van der Waals surface area (Å²) in [6.07, 6.45) is 0.0754. The summed E-state index contributed by atoms with van der Waals surface area (Å²) in [6.45, 7) is 1.35. The normalized spacial score (nSPS) is 12.3. The van der Waals surface area contributed by atoms with Crippen molar-refractivity contribution in [3.8, 4) is 11.5 Å². The number of H-pyrrole nitrogens is 1. The number of nitrogens with zero attached hydrogens (tertiary/aromatic N) is 2. The lowest BCUT2D eigenvalue weighted by atomic mass is 10.2. The van der Waals surface area contributed by atoms with Crippen LogP contribution >= 0.6 is 27.5 Å². The molecule has 1 aromatic heterocycles. The number of hydrogen-bond acceptors (Lipinski definition) is 6. The lowest BCUT2D eigenvalue weighted by molar-refractivity contribution is -0.144. The molecule has 3 rings (SSSR count). The van der Waals surface area contributed by atoms with Crippen LogP contribution < -0.4 is 20.7 Å². The molecule has 0 aliphatic heterocycles. The van der Waals surface area contributed by atoms with E-state index in [1.807, 2.05) is 0 Å². The number of nitrogens with one attached hydrogen (secondary N) is 1. The van der Waals surface area contributed by atoms with E-state index in [1.54, 1.807) is 24.3 Å². The van der Waals surface area contributed by atoms with Crippen molar-refractivity contribution >= 4 is 50.6 Å². The highest BCUT2D eigenvalue weighted by molar-refractivity contribution is 9.10. The number of carboxylic acids is 1. The van der Waals surface area contributed by atoms with E-state index in [9.17, 15) is 14.4 Å². The number of aromatic nitrogens is 2. The Balaban J connectivity index is 2.08. The molecule has 0 amide bonds. The van der Waals surface area contributed by atoms with Gasteiger partial charge in [-0.25, -0.2) is 9.59 Å². The summed E-state index contributed by atoms with van der Waals surface area (Å²) in [5.74, 6) is -0.999. The van der Waals surface area contributed by atoms with Crippen molar-refractivity contribution in [1.29, 1.82) is 0 Å². The molecule has 0 radical (unpaired) electrons. The van der Waals surface area contributed by atoms with E-state index < -0.39 is 23.3 Å². The van der Waals surface area contributed by atoms with Crippen molar-refractivity contribution in [2.45, 2.75) is 13.0 Å². The van der Waals surface area contributed by atoms with Crippen molar-refractivity contribution in [3.63, 3.8) is 0 Å². The minimum absolute atomic E-state index is 0.0267. The Kier molecular flexibility index (Phi) is 6.28. The van der Waals surface area contributed by atoms with Crippen LogP contribution in [0.5, 0.6) is 11.5 Å². The Bertz CT molecular complexity index is 1280. The van der Waals surface area contributed by atoms with Crippen LogP contribution in [0.3, 0.4) is 0 Å². The lowest BCUT2D eigenvalue weighted by Crippen LogP contribution is -2.32. The van der Waals surface area contributed by atoms with Gasteiger partial charge >= 0.3 is 11.7 Å². The Hall–Kier alpha value is -3.11. The molecule has 0 spiro atoms. The molecule has 156 valence electrons. The maximum atomic E-state index is 12.6. The molecule has 0 fully saturated rings. The van der Waals surface area contributed by atoms with Crippen molar-refractivity contribution in [2.75, 3.05) is 7.11 Å². The molecule has 2 aromatic carbocycles. The second-order valence-corrected chi connectivity index (χ2v) is 7.23. The van der Waals surface area contributed by atoms with E-state index in [0.717, 1.165) is 0 Å². The van der Waals surface area contributed by atoms with Gasteiger partial charge < -0.3 is 19.6 Å². The molecule has 1 unspecified atom stereocenters. The first kappa shape index (κ1) is 21.6. The number of aliphatic carboxylic acids is 1. The molecular weight excluding hydrogens is 482 g/mol. The zero-order valence-electron chi connectivity index (χ0n) is 15.7. The Morgan fingerprint density at radius 2 is 2.07 bits per heavy atom. The number of carboxylic acid groups (broad SMARTS) is 1. The molecule has 0 aliphatic carbocycles. The third-order valence-electron chi connectivity index (χ3n) is 4.11. The first-order valence-electron chi connectivity index (χ1n) is 8.48. The van der Waals surface area contributed by atoms with Gasteiger partial charge in [0.15, 0.2) is 17.6 Å². The molecule has 0 saturated carbocycles. The van der Waals surface area contributed by atoms with Gasteiger partial charge in [-0.2, -0.15) is 5.10 Å². The maximum absolute atomic E-state index is 12.6. The largest absolute Gasteiger partial charge is 0.493 e. The van der Waals surface area contributed by atoms with Gasteiger partial charge in [-0.15, -0.1) is 4.68 Å². The number of para-hydroxylation sites is 1. The highest BCUT2D eigenvalue weighted by Crippen LogP contribution is 2.42. The molecule has 1 heterocycles. The average Bonchev–Trinajstić information content (AvgIpc) is 2.72. The number of carbonyl (C=O) groups is 1. The molecule has 1 atom stereocenters. The fraction of sp³-hybridized carbons (Fsp3) is 0.158. The van der Waals surface area contributed by atoms with E-state index >= 15 is 0 Å². The summed E-state index contributed by atoms with van der Waals surface area (Å²) >= 11 is 9.60. The summed E-state index contributed by atoms with van der Waals surface area (Å²) in [4.78, 5) is 38.5. The van der Waals surface area contributed by atoms with Gasteiger partial charge in [0, 0.05) is 10.0 Å². The third-order valence-corrected chi connectivity index (χ3v) is 5.56. The monoisotopic (exact) mass is 495 g/mol. The Morgan fingerprint density at radius 1 is 1.37 bits per heavy atom. The van der Waals surface area contributed by atoms with Crippen molar-refractivity contribution in [3.05, 3.63) is 66.2 Å². The molecule has 11 heteroatoms. The maximum Gasteiger partial charge on any atom is 0.349 e. The SMILES string of the molecule is COc1cc(C=Nn2c(=O)[nH]c3ccccc3c2=O)c(Br)c(Cl)c1OC(C)C(=O)O. The summed E-state index contributed by atoms with van der Waals surface area (Å²) in [7, 11) is 1.36. The van der Waals surface area contributed by atoms with Gasteiger partial charge in [0.05, 0.1) is 24.2 Å². The highest BCUT2D eigenvalue weighted by atomic mass is 79.9. The lowest BCUT2D eigenvalue weighted by Gasteiger charge is -2.17. The van der Waals surface area contributed by atoms with E-state index in [4.69, 9.17) is 26.2 Å². The summed E-state index contributed by atoms with van der Waals surface area (Å²) < 4.78 is 11.6. The number of halogens is 2. The molecule has 0 bridgehead atoms. The number of hydrogen-bond donors (Lipinski definition) is 2. The first-order chi connectivity index (χ1) is 14.2. The quantitative estimate of drug-likeness (QED) is 0.506. The van der Waals surface area contributed by atoms with Crippen molar-refractivity contribution in [2.24, 2.45) is 5.10 Å². The van der Waals surface area contributed by atoms with Crippen LogP contribution in [0.15, 0.2) is 49.5 Å². The molecule has 9 nitrogen and oxygen atoms in total. The summed E-state index contributed by atoms with van der Waals surface area (Å²) in [5.41, 5.74) is -0.528. The number of fused-ring (bicyclic) bond motifs is 1. The topological polar surface area (TPSA) is 123 Å². The fourth-order valence-electron chi connectivity index (χ4n) is 2.57. The number of benzene rings is 2. The van der Waals surface area contributed by atoms with Crippen LogP contribution in [0.25, 0.3) is 10.9 Å². The predicted molar refractivity (Wildman–Crippen MR) is 115 cm³/mol. The summed E-state index contributed by atoms with van der Waals surface area (Å²) in [6, 6.07) is 8.04. The van der Waals surface area contributed by atoms with E-state index in [2.05, 4.69) is 26.0 Å². The van der Waals surface area contributed by atoms with Gasteiger partial charge in [-0.1, -0.05) is 23.7 Å². The number of methoxy groups -OCH3 is 1. The number of ether oxygens (including phenoxy) is 2. The van der Waals surface area contributed by atoms with Crippen LogP contribution in [0.4, 0.5) is 0 Å². The summed E-state index contributed by atoms with van der Waals surface area (Å²) in [5, 5.41) is 13.4. The van der Waals surface area contributed by atoms with Crippen LogP contribution in [-0.2, 0) is 4.79 Å². The smallest absolute Gasteiger partial charge is 0.349 e. The average molecular weight is 497 g/mol.